The fraction of sp³-hybridized carbons (Fsp3) is 0.333. The van der Waals surface area contributed by atoms with Gasteiger partial charge in [0.05, 0.1) is 11.4 Å². The molecule has 2 aromatic rings. The molecule has 0 unspecified atom stereocenters. The van der Waals surface area contributed by atoms with Crippen molar-refractivity contribution in [3.8, 4) is 0 Å². The van der Waals surface area contributed by atoms with Gasteiger partial charge in [0.25, 0.3) is 0 Å². The SMILES string of the molecule is Cc1noc(C)c1CNCc1cccc(Br)n1. The van der Waals surface area contributed by atoms with Crippen LogP contribution in [0.4, 0.5) is 0 Å². The van der Waals surface area contributed by atoms with Gasteiger partial charge in [-0.2, -0.15) is 0 Å². The van der Waals surface area contributed by atoms with E-state index in [9.17, 15) is 0 Å². The lowest BCUT2D eigenvalue weighted by Gasteiger charge is -2.04. The first kappa shape index (κ1) is 12.3. The lowest BCUT2D eigenvalue weighted by molar-refractivity contribution is 0.392. The fourth-order valence-electron chi connectivity index (χ4n) is 1.62. The molecule has 0 fully saturated rings. The van der Waals surface area contributed by atoms with Crippen LogP contribution in [0.5, 0.6) is 0 Å². The van der Waals surface area contributed by atoms with Crippen molar-refractivity contribution in [3.05, 3.63) is 45.5 Å². The number of halogens is 1. The second kappa shape index (κ2) is 5.42. The lowest BCUT2D eigenvalue weighted by atomic mass is 10.2. The normalized spacial score (nSPS) is 10.8. The van der Waals surface area contributed by atoms with Gasteiger partial charge in [-0.05, 0) is 41.9 Å². The zero-order valence-corrected chi connectivity index (χ0v) is 11.4. The molecule has 2 aromatic heterocycles. The zero-order chi connectivity index (χ0) is 12.3. The largest absolute Gasteiger partial charge is 0.361 e. The summed E-state index contributed by atoms with van der Waals surface area (Å²) < 4.78 is 5.96. The Morgan fingerprint density at radius 3 is 2.76 bits per heavy atom. The molecular weight excluding hydrogens is 282 g/mol. The van der Waals surface area contributed by atoms with Crippen molar-refractivity contribution in [3.63, 3.8) is 0 Å². The van der Waals surface area contributed by atoms with E-state index in [0.29, 0.717) is 0 Å². The first-order valence-corrected chi connectivity index (χ1v) is 6.20. The Morgan fingerprint density at radius 2 is 2.12 bits per heavy atom. The third-order valence-electron chi connectivity index (χ3n) is 2.56. The van der Waals surface area contributed by atoms with E-state index in [1.54, 1.807) is 0 Å². The summed E-state index contributed by atoms with van der Waals surface area (Å²) in [7, 11) is 0. The molecule has 0 aromatic carbocycles. The Labute approximate surface area is 109 Å². The molecule has 0 bridgehead atoms. The van der Waals surface area contributed by atoms with Crippen molar-refractivity contribution in [1.82, 2.24) is 15.5 Å². The Bertz CT molecular complexity index is 491. The van der Waals surface area contributed by atoms with Crippen molar-refractivity contribution in [2.75, 3.05) is 0 Å². The molecule has 17 heavy (non-hydrogen) atoms. The number of pyridine rings is 1. The van der Waals surface area contributed by atoms with E-state index < -0.39 is 0 Å². The van der Waals surface area contributed by atoms with Gasteiger partial charge in [0.2, 0.25) is 0 Å². The molecular formula is C12H14BrN3O. The first-order chi connectivity index (χ1) is 8.16. The van der Waals surface area contributed by atoms with Crippen molar-refractivity contribution in [1.29, 1.82) is 0 Å². The van der Waals surface area contributed by atoms with Crippen LogP contribution in [0.15, 0.2) is 27.3 Å². The van der Waals surface area contributed by atoms with Gasteiger partial charge in [0.15, 0.2) is 0 Å². The van der Waals surface area contributed by atoms with Gasteiger partial charge in [-0.15, -0.1) is 0 Å². The van der Waals surface area contributed by atoms with Crippen LogP contribution < -0.4 is 5.32 Å². The quantitative estimate of drug-likeness (QED) is 0.881. The van der Waals surface area contributed by atoms with E-state index in [-0.39, 0.29) is 0 Å². The average molecular weight is 296 g/mol. The summed E-state index contributed by atoms with van der Waals surface area (Å²) in [6.07, 6.45) is 0. The summed E-state index contributed by atoms with van der Waals surface area (Å²) in [6.45, 7) is 5.35. The van der Waals surface area contributed by atoms with E-state index in [1.807, 2.05) is 32.0 Å². The number of nitrogens with zero attached hydrogens (tertiary/aromatic N) is 2. The third kappa shape index (κ3) is 3.14. The van der Waals surface area contributed by atoms with Crippen LogP contribution in [0.1, 0.15) is 22.7 Å². The van der Waals surface area contributed by atoms with Crippen LogP contribution in [0.3, 0.4) is 0 Å². The Kier molecular flexibility index (Phi) is 3.91. The molecule has 0 saturated heterocycles. The molecule has 0 radical (unpaired) electrons. The summed E-state index contributed by atoms with van der Waals surface area (Å²) in [5.74, 6) is 0.872. The van der Waals surface area contributed by atoms with Gasteiger partial charge in [-0.25, -0.2) is 4.98 Å². The maximum Gasteiger partial charge on any atom is 0.138 e. The second-order valence-electron chi connectivity index (χ2n) is 3.86. The van der Waals surface area contributed by atoms with E-state index in [2.05, 4.69) is 31.4 Å². The molecule has 0 amide bonds. The molecule has 2 heterocycles. The molecule has 4 nitrogen and oxygen atoms in total. The molecule has 0 atom stereocenters. The van der Waals surface area contributed by atoms with E-state index in [0.717, 1.165) is 40.4 Å². The average Bonchev–Trinajstić information content (AvgIpc) is 2.61. The summed E-state index contributed by atoms with van der Waals surface area (Å²) in [5, 5.41) is 7.25. The van der Waals surface area contributed by atoms with Gasteiger partial charge in [-0.1, -0.05) is 11.2 Å². The van der Waals surface area contributed by atoms with Crippen LogP contribution in [0, 0.1) is 13.8 Å². The first-order valence-electron chi connectivity index (χ1n) is 5.40. The number of rotatable bonds is 4. The van der Waals surface area contributed by atoms with Crippen molar-refractivity contribution in [2.24, 2.45) is 0 Å². The van der Waals surface area contributed by atoms with Crippen molar-refractivity contribution < 1.29 is 4.52 Å². The highest BCUT2D eigenvalue weighted by Gasteiger charge is 2.07. The predicted octanol–water partition coefficient (Wildman–Crippen LogP) is 2.74. The van der Waals surface area contributed by atoms with Gasteiger partial charge in [0.1, 0.15) is 10.4 Å². The van der Waals surface area contributed by atoms with E-state index in [1.165, 1.54) is 0 Å². The monoisotopic (exact) mass is 295 g/mol. The second-order valence-corrected chi connectivity index (χ2v) is 4.67. The minimum Gasteiger partial charge on any atom is -0.361 e. The lowest BCUT2D eigenvalue weighted by Crippen LogP contribution is -2.14. The highest BCUT2D eigenvalue weighted by molar-refractivity contribution is 9.10. The molecule has 1 N–H and O–H groups in total. The summed E-state index contributed by atoms with van der Waals surface area (Å²) >= 11 is 3.35. The minimum absolute atomic E-state index is 0.726. The molecule has 0 aliphatic heterocycles. The Morgan fingerprint density at radius 1 is 1.29 bits per heavy atom. The van der Waals surface area contributed by atoms with Crippen LogP contribution in [0.25, 0.3) is 0 Å². The third-order valence-corrected chi connectivity index (χ3v) is 3.00. The maximum absolute atomic E-state index is 5.10. The molecule has 90 valence electrons. The molecule has 0 aliphatic rings. The van der Waals surface area contributed by atoms with Crippen LogP contribution in [0.2, 0.25) is 0 Å². The molecule has 0 aliphatic carbocycles. The predicted molar refractivity (Wildman–Crippen MR) is 68.5 cm³/mol. The standard InChI is InChI=1S/C12H14BrN3O/c1-8-11(9(2)17-16-8)7-14-6-10-4-3-5-12(13)15-10/h3-5,14H,6-7H2,1-2H3. The summed E-state index contributed by atoms with van der Waals surface area (Å²) in [6, 6.07) is 5.88. The van der Waals surface area contributed by atoms with Gasteiger partial charge in [-0.3, -0.25) is 0 Å². The van der Waals surface area contributed by atoms with Gasteiger partial charge in [0, 0.05) is 18.7 Å². The number of aryl methyl sites for hydroxylation is 2. The molecule has 5 heteroatoms. The molecule has 2 rings (SSSR count). The summed E-state index contributed by atoms with van der Waals surface area (Å²) in [4.78, 5) is 4.35. The highest BCUT2D eigenvalue weighted by Crippen LogP contribution is 2.12. The number of hydrogen-bond donors (Lipinski definition) is 1. The summed E-state index contributed by atoms with van der Waals surface area (Å²) in [5.41, 5.74) is 3.07. The van der Waals surface area contributed by atoms with Crippen LogP contribution >= 0.6 is 15.9 Å². The topological polar surface area (TPSA) is 51.0 Å². The van der Waals surface area contributed by atoms with E-state index >= 15 is 0 Å². The number of hydrogen-bond acceptors (Lipinski definition) is 4. The highest BCUT2D eigenvalue weighted by atomic mass is 79.9. The zero-order valence-electron chi connectivity index (χ0n) is 9.83. The maximum atomic E-state index is 5.10. The van der Waals surface area contributed by atoms with Crippen LogP contribution in [-0.4, -0.2) is 10.1 Å². The van der Waals surface area contributed by atoms with Crippen LogP contribution in [-0.2, 0) is 13.1 Å². The van der Waals surface area contributed by atoms with Crippen molar-refractivity contribution in [2.45, 2.75) is 26.9 Å². The Balaban J connectivity index is 1.92. The van der Waals surface area contributed by atoms with E-state index in [4.69, 9.17) is 4.52 Å². The number of nitrogens with one attached hydrogen (secondary N) is 1. The van der Waals surface area contributed by atoms with Crippen molar-refractivity contribution >= 4 is 15.9 Å². The smallest absolute Gasteiger partial charge is 0.138 e. The van der Waals surface area contributed by atoms with Gasteiger partial charge >= 0.3 is 0 Å². The Hall–Kier alpha value is -1.20. The molecule has 0 saturated carbocycles. The minimum atomic E-state index is 0.726. The molecule has 0 spiro atoms. The fourth-order valence-corrected chi connectivity index (χ4v) is 2.00. The number of aromatic nitrogens is 2. The van der Waals surface area contributed by atoms with Gasteiger partial charge < -0.3 is 9.84 Å².